The lowest BCUT2D eigenvalue weighted by Crippen LogP contribution is -2.28. The normalized spacial score (nSPS) is 12.1. The molecular formula is C17H25N5O. The molecule has 0 saturated heterocycles. The summed E-state index contributed by atoms with van der Waals surface area (Å²) < 4.78 is 0. The van der Waals surface area contributed by atoms with Gasteiger partial charge in [-0.15, -0.1) is 10.2 Å². The van der Waals surface area contributed by atoms with Crippen molar-refractivity contribution in [2.24, 2.45) is 5.92 Å². The van der Waals surface area contributed by atoms with E-state index in [9.17, 15) is 4.79 Å². The highest BCUT2D eigenvalue weighted by atomic mass is 16.1. The van der Waals surface area contributed by atoms with Crippen molar-refractivity contribution >= 4 is 5.91 Å². The molecule has 1 amide bonds. The first-order valence-corrected chi connectivity index (χ1v) is 8.31. The molecule has 1 heterocycles. The number of nitrogens with one attached hydrogen (secondary N) is 2. The summed E-state index contributed by atoms with van der Waals surface area (Å²) in [6, 6.07) is 7.81. The molecule has 1 aromatic heterocycles. The topological polar surface area (TPSA) is 83.6 Å². The summed E-state index contributed by atoms with van der Waals surface area (Å²) in [5.74, 6) is 0.737. The van der Waals surface area contributed by atoms with E-state index in [1.807, 2.05) is 31.2 Å². The largest absolute Gasteiger partial charge is 0.352 e. The molecule has 2 rings (SSSR count). The molecular weight excluding hydrogens is 290 g/mol. The first kappa shape index (κ1) is 17.1. The average molecular weight is 315 g/mol. The zero-order valence-electron chi connectivity index (χ0n) is 13.9. The molecule has 0 spiro atoms. The van der Waals surface area contributed by atoms with Gasteiger partial charge in [-0.05, 0) is 23.3 Å². The number of unbranched alkanes of at least 4 members (excludes halogenated alkanes) is 3. The molecule has 2 N–H and O–H groups in total. The summed E-state index contributed by atoms with van der Waals surface area (Å²) in [5, 5.41) is 16.9. The fourth-order valence-electron chi connectivity index (χ4n) is 2.48. The van der Waals surface area contributed by atoms with Gasteiger partial charge in [0, 0.05) is 18.0 Å². The van der Waals surface area contributed by atoms with Crippen LogP contribution in [0.1, 0.15) is 51.5 Å². The van der Waals surface area contributed by atoms with Crippen molar-refractivity contribution < 1.29 is 4.79 Å². The average Bonchev–Trinajstić information content (AvgIpc) is 3.11. The third-order valence-corrected chi connectivity index (χ3v) is 3.94. The van der Waals surface area contributed by atoms with Crippen LogP contribution in [0.5, 0.6) is 0 Å². The van der Waals surface area contributed by atoms with Crippen LogP contribution in [0.4, 0.5) is 0 Å². The third-order valence-electron chi connectivity index (χ3n) is 3.94. The van der Waals surface area contributed by atoms with Crippen LogP contribution in [0.25, 0.3) is 11.4 Å². The zero-order chi connectivity index (χ0) is 16.5. The van der Waals surface area contributed by atoms with E-state index in [2.05, 4.69) is 32.9 Å². The van der Waals surface area contributed by atoms with E-state index in [0.29, 0.717) is 12.4 Å². The predicted octanol–water partition coefficient (Wildman–Crippen LogP) is 3.09. The molecule has 2 aromatic rings. The van der Waals surface area contributed by atoms with Crippen molar-refractivity contribution in [2.75, 3.05) is 0 Å². The Kier molecular flexibility index (Phi) is 6.72. The summed E-state index contributed by atoms with van der Waals surface area (Å²) in [7, 11) is 0. The van der Waals surface area contributed by atoms with E-state index in [1.165, 1.54) is 19.3 Å². The Morgan fingerprint density at radius 1 is 1.30 bits per heavy atom. The summed E-state index contributed by atoms with van der Waals surface area (Å²) >= 11 is 0. The highest BCUT2D eigenvalue weighted by Crippen LogP contribution is 2.15. The Bertz CT molecular complexity index is 597. The monoisotopic (exact) mass is 315 g/mol. The highest BCUT2D eigenvalue weighted by molar-refractivity contribution is 5.78. The number of benzene rings is 1. The number of nitrogens with zero attached hydrogens (tertiary/aromatic N) is 3. The number of hydrogen-bond acceptors (Lipinski definition) is 4. The smallest absolute Gasteiger partial charge is 0.223 e. The van der Waals surface area contributed by atoms with Crippen LogP contribution in [-0.2, 0) is 11.3 Å². The van der Waals surface area contributed by atoms with Crippen LogP contribution >= 0.6 is 0 Å². The Balaban J connectivity index is 1.81. The number of rotatable bonds is 9. The molecule has 1 aromatic carbocycles. The van der Waals surface area contributed by atoms with Crippen molar-refractivity contribution in [1.82, 2.24) is 25.9 Å². The summed E-state index contributed by atoms with van der Waals surface area (Å²) in [6.45, 7) is 4.71. The lowest BCUT2D eigenvalue weighted by Gasteiger charge is -2.12. The maximum Gasteiger partial charge on any atom is 0.223 e. The number of amides is 1. The zero-order valence-corrected chi connectivity index (χ0v) is 13.9. The van der Waals surface area contributed by atoms with Gasteiger partial charge >= 0.3 is 0 Å². The lowest BCUT2D eigenvalue weighted by atomic mass is 10.0. The summed E-state index contributed by atoms with van der Waals surface area (Å²) in [6.07, 6.45) is 5.75. The number of hydrogen-bond donors (Lipinski definition) is 2. The van der Waals surface area contributed by atoms with Gasteiger partial charge < -0.3 is 5.32 Å². The molecule has 0 bridgehead atoms. The van der Waals surface area contributed by atoms with E-state index in [4.69, 9.17) is 0 Å². The highest BCUT2D eigenvalue weighted by Gasteiger charge is 2.12. The Morgan fingerprint density at radius 3 is 2.91 bits per heavy atom. The van der Waals surface area contributed by atoms with E-state index in [0.717, 1.165) is 24.0 Å². The second-order valence-electron chi connectivity index (χ2n) is 5.90. The van der Waals surface area contributed by atoms with Gasteiger partial charge in [0.2, 0.25) is 11.7 Å². The maximum absolute atomic E-state index is 12.1. The molecule has 124 valence electrons. The first-order valence-electron chi connectivity index (χ1n) is 8.31. The molecule has 0 radical (unpaired) electrons. The predicted molar refractivity (Wildman–Crippen MR) is 89.4 cm³/mol. The van der Waals surface area contributed by atoms with Crippen LogP contribution in [0.15, 0.2) is 24.3 Å². The summed E-state index contributed by atoms with van der Waals surface area (Å²) in [5.41, 5.74) is 1.91. The Morgan fingerprint density at radius 2 is 2.17 bits per heavy atom. The van der Waals surface area contributed by atoms with Gasteiger partial charge in [0.05, 0.1) is 0 Å². The standard InChI is InChI=1S/C17H25N5O/c1-3-4-5-6-8-13(2)17(23)18-12-14-9-7-10-15(11-14)16-19-21-22-20-16/h7,9-11,13H,3-6,8,12H2,1-2H3,(H,18,23)(H,19,20,21,22). The van der Waals surface area contributed by atoms with Gasteiger partial charge in [0.25, 0.3) is 0 Å². The van der Waals surface area contributed by atoms with E-state index in [-0.39, 0.29) is 11.8 Å². The number of carbonyl (C=O) groups is 1. The van der Waals surface area contributed by atoms with Crippen LogP contribution < -0.4 is 5.32 Å². The van der Waals surface area contributed by atoms with Crippen molar-refractivity contribution in [1.29, 1.82) is 0 Å². The fourth-order valence-corrected chi connectivity index (χ4v) is 2.48. The molecule has 23 heavy (non-hydrogen) atoms. The molecule has 6 nitrogen and oxygen atoms in total. The van der Waals surface area contributed by atoms with Gasteiger partial charge in [-0.25, -0.2) is 0 Å². The molecule has 1 unspecified atom stereocenters. The molecule has 0 aliphatic carbocycles. The van der Waals surface area contributed by atoms with Crippen LogP contribution in [0.2, 0.25) is 0 Å². The minimum atomic E-state index is 0.0623. The Hall–Kier alpha value is -2.24. The van der Waals surface area contributed by atoms with Crippen molar-refractivity contribution in [3.63, 3.8) is 0 Å². The first-order chi connectivity index (χ1) is 11.2. The molecule has 1 atom stereocenters. The fraction of sp³-hybridized carbons (Fsp3) is 0.529. The van der Waals surface area contributed by atoms with Crippen molar-refractivity contribution in [3.8, 4) is 11.4 Å². The van der Waals surface area contributed by atoms with Crippen LogP contribution in [0, 0.1) is 5.92 Å². The minimum absolute atomic E-state index is 0.0623. The maximum atomic E-state index is 12.1. The van der Waals surface area contributed by atoms with Crippen molar-refractivity contribution in [2.45, 2.75) is 52.5 Å². The van der Waals surface area contributed by atoms with Crippen LogP contribution in [-0.4, -0.2) is 26.5 Å². The minimum Gasteiger partial charge on any atom is -0.352 e. The number of carbonyl (C=O) groups excluding carboxylic acids is 1. The molecule has 6 heteroatoms. The van der Waals surface area contributed by atoms with Gasteiger partial charge in [-0.1, -0.05) is 57.7 Å². The number of aromatic nitrogens is 4. The SMILES string of the molecule is CCCCCCC(C)C(=O)NCc1cccc(-c2nn[nH]n2)c1. The number of tetrazole rings is 1. The molecule has 0 saturated carbocycles. The lowest BCUT2D eigenvalue weighted by molar-refractivity contribution is -0.124. The van der Waals surface area contributed by atoms with Gasteiger partial charge in [-0.3, -0.25) is 4.79 Å². The van der Waals surface area contributed by atoms with Gasteiger partial charge in [0.15, 0.2) is 0 Å². The van der Waals surface area contributed by atoms with Gasteiger partial charge in [-0.2, -0.15) is 5.21 Å². The third kappa shape index (κ3) is 5.47. The van der Waals surface area contributed by atoms with Crippen molar-refractivity contribution in [3.05, 3.63) is 29.8 Å². The second kappa shape index (κ2) is 9.02. The Labute approximate surface area is 137 Å². The quantitative estimate of drug-likeness (QED) is 0.697. The van der Waals surface area contributed by atoms with Crippen LogP contribution in [0.3, 0.4) is 0 Å². The molecule has 0 aliphatic heterocycles. The number of aromatic amines is 1. The molecule has 0 aliphatic rings. The van der Waals surface area contributed by atoms with E-state index in [1.54, 1.807) is 0 Å². The second-order valence-corrected chi connectivity index (χ2v) is 5.90. The summed E-state index contributed by atoms with van der Waals surface area (Å²) in [4.78, 5) is 12.1. The van der Waals surface area contributed by atoms with E-state index >= 15 is 0 Å². The number of H-pyrrole nitrogens is 1. The van der Waals surface area contributed by atoms with E-state index < -0.39 is 0 Å². The van der Waals surface area contributed by atoms with Gasteiger partial charge in [0.1, 0.15) is 0 Å². The molecule has 0 fully saturated rings.